The van der Waals surface area contributed by atoms with Crippen molar-refractivity contribution in [3.63, 3.8) is 0 Å². The molecule has 0 bridgehead atoms. The number of aromatic nitrogens is 2. The Hall–Kier alpha value is -1.89. The lowest BCUT2D eigenvalue weighted by atomic mass is 10.3. The lowest BCUT2D eigenvalue weighted by molar-refractivity contribution is 0.0299. The highest BCUT2D eigenvalue weighted by atomic mass is 35.5. The molecular formula is C16H16Cl2N4O2. The van der Waals surface area contributed by atoms with Crippen molar-refractivity contribution in [2.45, 2.75) is 6.92 Å². The maximum absolute atomic E-state index is 12.6. The van der Waals surface area contributed by atoms with E-state index in [1.807, 2.05) is 6.92 Å². The maximum atomic E-state index is 12.6. The van der Waals surface area contributed by atoms with Crippen molar-refractivity contribution in [1.29, 1.82) is 0 Å². The van der Waals surface area contributed by atoms with Crippen LogP contribution in [0.25, 0.3) is 0 Å². The molecule has 3 rings (SSSR count). The highest BCUT2D eigenvalue weighted by Gasteiger charge is 2.21. The molecule has 0 spiro atoms. The topological polar surface area (TPSA) is 67.4 Å². The van der Waals surface area contributed by atoms with E-state index in [0.29, 0.717) is 59.4 Å². The van der Waals surface area contributed by atoms with Crippen LogP contribution in [0, 0.1) is 6.92 Å². The fourth-order valence-corrected chi connectivity index (χ4v) is 2.73. The quantitative estimate of drug-likeness (QED) is 0.902. The van der Waals surface area contributed by atoms with E-state index in [1.54, 1.807) is 29.2 Å². The zero-order valence-electron chi connectivity index (χ0n) is 13.1. The minimum Gasteiger partial charge on any atom is -0.378 e. The zero-order valence-corrected chi connectivity index (χ0v) is 14.6. The molecule has 1 saturated heterocycles. The number of carbonyl (C=O) groups is 1. The Balaban J connectivity index is 1.86. The molecule has 1 N–H and O–H groups in total. The second kappa shape index (κ2) is 7.34. The van der Waals surface area contributed by atoms with Gasteiger partial charge in [-0.25, -0.2) is 9.97 Å². The first-order chi connectivity index (χ1) is 11.5. The summed E-state index contributed by atoms with van der Waals surface area (Å²) in [5.74, 6) is 0.166. The Bertz CT molecular complexity index is 764. The van der Waals surface area contributed by atoms with E-state index in [1.165, 1.54) is 0 Å². The van der Waals surface area contributed by atoms with Crippen LogP contribution in [0.15, 0.2) is 24.3 Å². The molecule has 24 heavy (non-hydrogen) atoms. The van der Waals surface area contributed by atoms with E-state index in [4.69, 9.17) is 27.9 Å². The summed E-state index contributed by atoms with van der Waals surface area (Å²) in [6.07, 6.45) is 0. The van der Waals surface area contributed by atoms with Crippen LogP contribution in [0.2, 0.25) is 10.0 Å². The van der Waals surface area contributed by atoms with Gasteiger partial charge in [0.15, 0.2) is 0 Å². The number of ether oxygens (including phenoxy) is 1. The van der Waals surface area contributed by atoms with Gasteiger partial charge in [-0.1, -0.05) is 29.3 Å². The predicted molar refractivity (Wildman–Crippen MR) is 93.2 cm³/mol. The summed E-state index contributed by atoms with van der Waals surface area (Å²) >= 11 is 12.2. The SMILES string of the molecule is Cc1cc(C(=O)N2CCOCC2)nc(Nc2cccc(Cl)c2Cl)n1. The summed E-state index contributed by atoms with van der Waals surface area (Å²) in [6, 6.07) is 6.90. The molecule has 0 saturated carbocycles. The second-order valence-corrected chi connectivity index (χ2v) is 6.13. The lowest BCUT2D eigenvalue weighted by Crippen LogP contribution is -2.41. The van der Waals surface area contributed by atoms with Crippen LogP contribution in [0.1, 0.15) is 16.2 Å². The number of rotatable bonds is 3. The fourth-order valence-electron chi connectivity index (χ4n) is 2.38. The third-order valence-corrected chi connectivity index (χ3v) is 4.39. The second-order valence-electron chi connectivity index (χ2n) is 5.35. The van der Waals surface area contributed by atoms with Gasteiger partial charge in [-0.2, -0.15) is 0 Å². The van der Waals surface area contributed by atoms with Gasteiger partial charge in [-0.15, -0.1) is 0 Å². The van der Waals surface area contributed by atoms with Gasteiger partial charge in [0.1, 0.15) is 5.69 Å². The maximum Gasteiger partial charge on any atom is 0.272 e. The molecule has 1 aliphatic heterocycles. The lowest BCUT2D eigenvalue weighted by Gasteiger charge is -2.26. The van der Waals surface area contributed by atoms with Crippen LogP contribution in [-0.2, 0) is 4.74 Å². The van der Waals surface area contributed by atoms with Crippen LogP contribution in [0.5, 0.6) is 0 Å². The molecule has 0 unspecified atom stereocenters. The molecule has 2 aromatic rings. The van der Waals surface area contributed by atoms with Gasteiger partial charge in [0.25, 0.3) is 5.91 Å². The predicted octanol–water partition coefficient (Wildman–Crippen LogP) is 3.31. The van der Waals surface area contributed by atoms with Crippen LogP contribution in [0.3, 0.4) is 0 Å². The van der Waals surface area contributed by atoms with Crippen molar-refractivity contribution in [3.05, 3.63) is 45.7 Å². The van der Waals surface area contributed by atoms with E-state index in [-0.39, 0.29) is 5.91 Å². The first kappa shape index (κ1) is 17.0. The van der Waals surface area contributed by atoms with E-state index in [2.05, 4.69) is 15.3 Å². The Morgan fingerprint density at radius 1 is 1.25 bits per heavy atom. The summed E-state index contributed by atoms with van der Waals surface area (Å²) < 4.78 is 5.27. The molecule has 1 fully saturated rings. The number of benzene rings is 1. The fraction of sp³-hybridized carbons (Fsp3) is 0.312. The molecule has 1 aliphatic rings. The number of morpholine rings is 1. The van der Waals surface area contributed by atoms with Gasteiger partial charge in [0, 0.05) is 18.8 Å². The minimum absolute atomic E-state index is 0.135. The standard InChI is InChI=1S/C16H16Cl2N4O2/c1-10-9-13(15(23)22-5-7-24-8-6-22)21-16(19-10)20-12-4-2-3-11(17)14(12)18/h2-4,9H,5-8H2,1H3,(H,19,20,21). The van der Waals surface area contributed by atoms with Crippen LogP contribution < -0.4 is 5.32 Å². The van der Waals surface area contributed by atoms with Gasteiger partial charge in [-0.3, -0.25) is 4.79 Å². The normalized spacial score (nSPS) is 14.5. The summed E-state index contributed by atoms with van der Waals surface area (Å²) in [5, 5.41) is 3.83. The van der Waals surface area contributed by atoms with Gasteiger partial charge >= 0.3 is 0 Å². The summed E-state index contributed by atoms with van der Waals surface area (Å²) in [7, 11) is 0. The summed E-state index contributed by atoms with van der Waals surface area (Å²) in [4.78, 5) is 22.9. The van der Waals surface area contributed by atoms with Gasteiger partial charge < -0.3 is 15.0 Å². The number of nitrogens with one attached hydrogen (secondary N) is 1. The van der Waals surface area contributed by atoms with Crippen molar-refractivity contribution in [2.75, 3.05) is 31.6 Å². The molecule has 126 valence electrons. The van der Waals surface area contributed by atoms with Gasteiger partial charge in [0.05, 0.1) is 28.9 Å². The van der Waals surface area contributed by atoms with Crippen molar-refractivity contribution in [3.8, 4) is 0 Å². The summed E-state index contributed by atoms with van der Waals surface area (Å²) in [5.41, 5.74) is 1.60. The summed E-state index contributed by atoms with van der Waals surface area (Å²) in [6.45, 7) is 4.01. The number of amides is 1. The molecule has 8 heteroatoms. The van der Waals surface area contributed by atoms with Crippen molar-refractivity contribution in [1.82, 2.24) is 14.9 Å². The number of hydrogen-bond acceptors (Lipinski definition) is 5. The smallest absolute Gasteiger partial charge is 0.272 e. The molecule has 0 radical (unpaired) electrons. The first-order valence-corrected chi connectivity index (χ1v) is 8.24. The Morgan fingerprint density at radius 2 is 2.00 bits per heavy atom. The molecule has 1 amide bonds. The third kappa shape index (κ3) is 3.77. The molecule has 2 heterocycles. The van der Waals surface area contributed by atoms with Crippen molar-refractivity contribution < 1.29 is 9.53 Å². The molecule has 1 aromatic carbocycles. The number of anilines is 2. The Morgan fingerprint density at radius 3 is 2.75 bits per heavy atom. The number of hydrogen-bond donors (Lipinski definition) is 1. The van der Waals surface area contributed by atoms with Crippen LogP contribution in [0.4, 0.5) is 11.6 Å². The van der Waals surface area contributed by atoms with E-state index in [0.717, 1.165) is 0 Å². The Labute approximate surface area is 149 Å². The molecule has 0 aliphatic carbocycles. The van der Waals surface area contributed by atoms with Crippen molar-refractivity contribution >= 4 is 40.7 Å². The molecular weight excluding hydrogens is 351 g/mol. The van der Waals surface area contributed by atoms with Gasteiger partial charge in [0.2, 0.25) is 5.95 Å². The van der Waals surface area contributed by atoms with Crippen LogP contribution in [-0.4, -0.2) is 47.1 Å². The van der Waals surface area contributed by atoms with Crippen molar-refractivity contribution in [2.24, 2.45) is 0 Å². The first-order valence-electron chi connectivity index (χ1n) is 7.48. The van der Waals surface area contributed by atoms with Crippen LogP contribution >= 0.6 is 23.2 Å². The average Bonchev–Trinajstić information content (AvgIpc) is 2.58. The van der Waals surface area contributed by atoms with E-state index < -0.39 is 0 Å². The highest BCUT2D eigenvalue weighted by molar-refractivity contribution is 6.43. The van der Waals surface area contributed by atoms with E-state index in [9.17, 15) is 4.79 Å². The minimum atomic E-state index is -0.135. The molecule has 1 aromatic heterocycles. The number of aryl methyl sites for hydroxylation is 1. The number of carbonyl (C=O) groups excluding carboxylic acids is 1. The zero-order chi connectivity index (χ0) is 17.1. The Kier molecular flexibility index (Phi) is 5.18. The average molecular weight is 367 g/mol. The van der Waals surface area contributed by atoms with E-state index >= 15 is 0 Å². The van der Waals surface area contributed by atoms with Gasteiger partial charge in [-0.05, 0) is 25.1 Å². The molecule has 6 nitrogen and oxygen atoms in total. The highest BCUT2D eigenvalue weighted by Crippen LogP contribution is 2.31. The third-order valence-electron chi connectivity index (χ3n) is 3.57. The monoisotopic (exact) mass is 366 g/mol. The largest absolute Gasteiger partial charge is 0.378 e. The number of halogens is 2. The number of nitrogens with zero attached hydrogens (tertiary/aromatic N) is 3. The molecule has 0 atom stereocenters.